The second-order valence-corrected chi connectivity index (χ2v) is 5.01. The molecule has 1 aromatic rings. The number of esters is 1. The highest BCUT2D eigenvalue weighted by atomic mass is 16.5. The number of nitrogens with one attached hydrogen (secondary N) is 1. The lowest BCUT2D eigenvalue weighted by molar-refractivity contribution is -0.120. The van der Waals surface area contributed by atoms with E-state index in [-0.39, 0.29) is 17.6 Å². The van der Waals surface area contributed by atoms with Crippen LogP contribution in [0.1, 0.15) is 36.5 Å². The number of hydrogen-bond acceptors (Lipinski definition) is 6. The molecule has 21 heavy (non-hydrogen) atoms. The maximum atomic E-state index is 11.8. The molecule has 7 nitrogen and oxygen atoms in total. The average Bonchev–Trinajstić information content (AvgIpc) is 2.60. The lowest BCUT2D eigenvalue weighted by atomic mass is 10.3. The molecule has 7 heteroatoms. The van der Waals surface area contributed by atoms with Crippen molar-refractivity contribution in [1.82, 2.24) is 15.3 Å². The van der Waals surface area contributed by atoms with Crippen molar-refractivity contribution in [2.24, 2.45) is 0 Å². The molecule has 1 fully saturated rings. The van der Waals surface area contributed by atoms with Gasteiger partial charge >= 0.3 is 5.97 Å². The van der Waals surface area contributed by atoms with Crippen LogP contribution in [0.4, 0.5) is 5.95 Å². The quantitative estimate of drug-likeness (QED) is 0.825. The Morgan fingerprint density at radius 2 is 2.29 bits per heavy atom. The van der Waals surface area contributed by atoms with E-state index in [1.807, 2.05) is 11.8 Å². The molecule has 0 saturated carbocycles. The smallest absolute Gasteiger partial charge is 0.357 e. The van der Waals surface area contributed by atoms with Crippen molar-refractivity contribution in [3.63, 3.8) is 0 Å². The minimum absolute atomic E-state index is 0.0163. The monoisotopic (exact) mass is 292 g/mol. The van der Waals surface area contributed by atoms with Crippen molar-refractivity contribution in [2.75, 3.05) is 24.6 Å². The van der Waals surface area contributed by atoms with Crippen molar-refractivity contribution < 1.29 is 14.3 Å². The van der Waals surface area contributed by atoms with Crippen molar-refractivity contribution in [1.29, 1.82) is 0 Å². The molecule has 1 unspecified atom stereocenters. The van der Waals surface area contributed by atoms with E-state index >= 15 is 0 Å². The number of aryl methyl sites for hydroxylation is 1. The van der Waals surface area contributed by atoms with Gasteiger partial charge < -0.3 is 15.0 Å². The average molecular weight is 292 g/mol. The van der Waals surface area contributed by atoms with E-state index in [1.54, 1.807) is 19.9 Å². The summed E-state index contributed by atoms with van der Waals surface area (Å²) < 4.78 is 4.98. The van der Waals surface area contributed by atoms with Crippen LogP contribution in [-0.4, -0.2) is 47.6 Å². The molecule has 0 aliphatic carbocycles. The number of rotatable bonds is 3. The second-order valence-electron chi connectivity index (χ2n) is 5.01. The van der Waals surface area contributed by atoms with E-state index < -0.39 is 5.97 Å². The highest BCUT2D eigenvalue weighted by molar-refractivity contribution is 5.87. The third kappa shape index (κ3) is 3.68. The number of hydrogen-bond donors (Lipinski definition) is 1. The first kappa shape index (κ1) is 15.2. The van der Waals surface area contributed by atoms with E-state index in [1.165, 1.54) is 0 Å². The van der Waals surface area contributed by atoms with Crippen LogP contribution in [0.2, 0.25) is 0 Å². The van der Waals surface area contributed by atoms with Gasteiger partial charge in [0, 0.05) is 31.2 Å². The number of anilines is 1. The van der Waals surface area contributed by atoms with Gasteiger partial charge in [0.15, 0.2) is 5.69 Å². The summed E-state index contributed by atoms with van der Waals surface area (Å²) in [4.78, 5) is 33.9. The van der Waals surface area contributed by atoms with Crippen LogP contribution in [-0.2, 0) is 9.53 Å². The molecule has 0 aromatic carbocycles. The summed E-state index contributed by atoms with van der Waals surface area (Å²) in [5.41, 5.74) is 0.939. The van der Waals surface area contributed by atoms with Crippen LogP contribution in [0.25, 0.3) is 0 Å². The molecule has 1 amide bonds. The van der Waals surface area contributed by atoms with Gasteiger partial charge in [0.2, 0.25) is 11.9 Å². The molecule has 1 N–H and O–H groups in total. The zero-order valence-corrected chi connectivity index (χ0v) is 12.5. The van der Waals surface area contributed by atoms with Gasteiger partial charge in [-0.3, -0.25) is 4.79 Å². The predicted molar refractivity (Wildman–Crippen MR) is 77.2 cm³/mol. The fraction of sp³-hybridized carbons (Fsp3) is 0.571. The SMILES string of the molecule is CCOC(=O)c1cc(C)nc(N2CCC(=O)NCC2C)n1. The second kappa shape index (κ2) is 6.51. The Bertz CT molecular complexity index is 547. The van der Waals surface area contributed by atoms with Crippen molar-refractivity contribution in [3.8, 4) is 0 Å². The Hall–Kier alpha value is -2.18. The van der Waals surface area contributed by atoms with E-state index in [0.717, 1.165) is 0 Å². The minimum atomic E-state index is -0.457. The summed E-state index contributed by atoms with van der Waals surface area (Å²) in [6.07, 6.45) is 0.385. The molecule has 0 bridgehead atoms. The van der Waals surface area contributed by atoms with Crippen LogP contribution < -0.4 is 10.2 Å². The predicted octanol–water partition coefficient (Wildman–Crippen LogP) is 0.677. The zero-order chi connectivity index (χ0) is 15.4. The lowest BCUT2D eigenvalue weighted by Gasteiger charge is -2.26. The van der Waals surface area contributed by atoms with Gasteiger partial charge in [-0.15, -0.1) is 0 Å². The Kier molecular flexibility index (Phi) is 4.72. The van der Waals surface area contributed by atoms with Crippen molar-refractivity contribution in [3.05, 3.63) is 17.5 Å². The van der Waals surface area contributed by atoms with Crippen LogP contribution in [0, 0.1) is 6.92 Å². The summed E-state index contributed by atoms with van der Waals surface area (Å²) in [6, 6.07) is 1.67. The highest BCUT2D eigenvalue weighted by Gasteiger charge is 2.23. The number of aromatic nitrogens is 2. The summed E-state index contributed by atoms with van der Waals surface area (Å²) in [7, 11) is 0. The largest absolute Gasteiger partial charge is 0.461 e. The summed E-state index contributed by atoms with van der Waals surface area (Å²) in [5.74, 6) is 0.0191. The standard InChI is InChI=1S/C14H20N4O3/c1-4-21-13(20)11-7-9(2)16-14(17-11)18-6-5-12(19)15-8-10(18)3/h7,10H,4-6,8H2,1-3H3,(H,15,19). The maximum Gasteiger partial charge on any atom is 0.357 e. The Labute approximate surface area is 123 Å². The molecule has 2 rings (SSSR count). The Balaban J connectivity index is 2.29. The summed E-state index contributed by atoms with van der Waals surface area (Å²) in [6.45, 7) is 6.90. The van der Waals surface area contributed by atoms with Gasteiger partial charge in [0.05, 0.1) is 6.61 Å². The number of carbonyl (C=O) groups excluding carboxylic acids is 2. The third-order valence-electron chi connectivity index (χ3n) is 3.29. The molecule has 1 atom stereocenters. The lowest BCUT2D eigenvalue weighted by Crippen LogP contribution is -2.39. The van der Waals surface area contributed by atoms with Crippen LogP contribution in [0.5, 0.6) is 0 Å². The first-order valence-corrected chi connectivity index (χ1v) is 7.07. The number of ether oxygens (including phenoxy) is 1. The van der Waals surface area contributed by atoms with E-state index in [0.29, 0.717) is 37.8 Å². The Morgan fingerprint density at radius 3 is 3.00 bits per heavy atom. The van der Waals surface area contributed by atoms with Gasteiger partial charge in [-0.05, 0) is 26.8 Å². The number of nitrogens with zero attached hydrogens (tertiary/aromatic N) is 3. The molecule has 0 radical (unpaired) electrons. The van der Waals surface area contributed by atoms with E-state index in [4.69, 9.17) is 4.74 Å². The van der Waals surface area contributed by atoms with Gasteiger partial charge in [0.25, 0.3) is 0 Å². The number of carbonyl (C=O) groups is 2. The minimum Gasteiger partial charge on any atom is -0.461 e. The Morgan fingerprint density at radius 1 is 1.52 bits per heavy atom. The molecule has 1 saturated heterocycles. The normalized spacial score (nSPS) is 18.9. The van der Waals surface area contributed by atoms with Crippen molar-refractivity contribution in [2.45, 2.75) is 33.2 Å². The zero-order valence-electron chi connectivity index (χ0n) is 12.5. The maximum absolute atomic E-state index is 11.8. The molecule has 2 heterocycles. The number of amides is 1. The molecular weight excluding hydrogens is 272 g/mol. The highest BCUT2D eigenvalue weighted by Crippen LogP contribution is 2.16. The van der Waals surface area contributed by atoms with Crippen molar-refractivity contribution >= 4 is 17.8 Å². The topological polar surface area (TPSA) is 84.4 Å². The fourth-order valence-electron chi connectivity index (χ4n) is 2.19. The molecular formula is C14H20N4O3. The van der Waals surface area contributed by atoms with Gasteiger partial charge in [-0.1, -0.05) is 0 Å². The molecule has 114 valence electrons. The molecule has 1 aromatic heterocycles. The molecule has 1 aliphatic heterocycles. The fourth-order valence-corrected chi connectivity index (χ4v) is 2.19. The molecule has 0 spiro atoms. The molecule has 1 aliphatic rings. The third-order valence-corrected chi connectivity index (χ3v) is 3.29. The van der Waals surface area contributed by atoms with Crippen LogP contribution in [0.3, 0.4) is 0 Å². The first-order chi connectivity index (χ1) is 10.0. The van der Waals surface area contributed by atoms with Gasteiger partial charge in [-0.2, -0.15) is 0 Å². The summed E-state index contributed by atoms with van der Waals surface area (Å²) >= 11 is 0. The van der Waals surface area contributed by atoms with Gasteiger partial charge in [0.1, 0.15) is 0 Å². The van der Waals surface area contributed by atoms with E-state index in [9.17, 15) is 9.59 Å². The first-order valence-electron chi connectivity index (χ1n) is 7.07. The van der Waals surface area contributed by atoms with Crippen LogP contribution >= 0.6 is 0 Å². The van der Waals surface area contributed by atoms with E-state index in [2.05, 4.69) is 15.3 Å². The summed E-state index contributed by atoms with van der Waals surface area (Å²) in [5, 5.41) is 2.84. The van der Waals surface area contributed by atoms with Crippen LogP contribution in [0.15, 0.2) is 6.07 Å². The van der Waals surface area contributed by atoms with Gasteiger partial charge in [-0.25, -0.2) is 14.8 Å².